The number of carbonyl (C=O) groups is 2. The molecule has 7 nitrogen and oxygen atoms in total. The molecule has 104 valence electrons. The van der Waals surface area contributed by atoms with Crippen LogP contribution in [-0.2, 0) is 9.53 Å². The summed E-state index contributed by atoms with van der Waals surface area (Å²) in [6.07, 6.45) is 1.94. The Morgan fingerprint density at radius 2 is 2.26 bits per heavy atom. The molecule has 1 saturated heterocycles. The third-order valence-corrected chi connectivity index (χ3v) is 3.58. The Kier molecular flexibility index (Phi) is 4.80. The van der Waals surface area contributed by atoms with E-state index in [0.29, 0.717) is 37.6 Å². The first-order chi connectivity index (χ1) is 9.22. The molecule has 19 heavy (non-hydrogen) atoms. The largest absolute Gasteiger partial charge is 0.378 e. The number of aromatic nitrogens is 2. The normalized spacial score (nSPS) is 17.0. The van der Waals surface area contributed by atoms with Crippen molar-refractivity contribution in [2.45, 2.75) is 19.4 Å². The lowest BCUT2D eigenvalue weighted by Crippen LogP contribution is -2.51. The van der Waals surface area contributed by atoms with Crippen molar-refractivity contribution in [2.75, 3.05) is 26.3 Å². The molecule has 0 aromatic carbocycles. The fraction of sp³-hybridized carbons (Fsp3) is 0.636. The van der Waals surface area contributed by atoms with Gasteiger partial charge in [-0.15, -0.1) is 5.10 Å². The second kappa shape index (κ2) is 6.58. The topological polar surface area (TPSA) is 84.4 Å². The van der Waals surface area contributed by atoms with Gasteiger partial charge in [-0.1, -0.05) is 11.4 Å². The second-order valence-electron chi connectivity index (χ2n) is 4.15. The van der Waals surface area contributed by atoms with Crippen LogP contribution in [0, 0.1) is 0 Å². The SMILES string of the molecule is CCC(NC(=O)c1cnns1)C(=O)N1CCOCC1. The van der Waals surface area contributed by atoms with Crippen molar-refractivity contribution >= 4 is 23.3 Å². The highest BCUT2D eigenvalue weighted by Crippen LogP contribution is 2.06. The molecule has 2 amide bonds. The maximum atomic E-state index is 12.3. The highest BCUT2D eigenvalue weighted by atomic mass is 32.1. The smallest absolute Gasteiger partial charge is 0.265 e. The molecule has 0 radical (unpaired) electrons. The van der Waals surface area contributed by atoms with Crippen LogP contribution in [-0.4, -0.2) is 58.6 Å². The van der Waals surface area contributed by atoms with E-state index in [4.69, 9.17) is 4.74 Å². The molecule has 1 aromatic rings. The Bertz CT molecular complexity index is 431. The maximum Gasteiger partial charge on any atom is 0.265 e. The number of rotatable bonds is 4. The molecule has 1 unspecified atom stereocenters. The highest BCUT2D eigenvalue weighted by molar-refractivity contribution is 7.07. The Hall–Kier alpha value is -1.54. The van der Waals surface area contributed by atoms with Gasteiger partial charge < -0.3 is 15.0 Å². The minimum absolute atomic E-state index is 0.0587. The average Bonchev–Trinajstić information content (AvgIpc) is 2.99. The van der Waals surface area contributed by atoms with Gasteiger partial charge in [0.1, 0.15) is 10.9 Å². The van der Waals surface area contributed by atoms with E-state index in [2.05, 4.69) is 14.9 Å². The van der Waals surface area contributed by atoms with Crippen LogP contribution < -0.4 is 5.32 Å². The summed E-state index contributed by atoms with van der Waals surface area (Å²) in [6, 6.07) is -0.507. The van der Waals surface area contributed by atoms with Crippen molar-refractivity contribution < 1.29 is 14.3 Å². The summed E-state index contributed by atoms with van der Waals surface area (Å²) in [5.74, 6) is -0.361. The molecule has 8 heteroatoms. The predicted octanol–water partition coefficient (Wildman–Crippen LogP) is -0.0947. The van der Waals surface area contributed by atoms with Crippen LogP contribution in [0.15, 0.2) is 6.20 Å². The summed E-state index contributed by atoms with van der Waals surface area (Å²) in [5, 5.41) is 6.33. The number of amides is 2. The van der Waals surface area contributed by atoms with E-state index in [0.717, 1.165) is 11.5 Å². The summed E-state index contributed by atoms with van der Waals surface area (Å²) in [6.45, 7) is 4.12. The minimum Gasteiger partial charge on any atom is -0.378 e. The zero-order valence-corrected chi connectivity index (χ0v) is 11.5. The molecule has 2 heterocycles. The number of nitrogens with zero attached hydrogens (tertiary/aromatic N) is 3. The number of carbonyl (C=O) groups excluding carboxylic acids is 2. The molecule has 1 aromatic heterocycles. The van der Waals surface area contributed by atoms with Gasteiger partial charge in [-0.05, 0) is 18.0 Å². The van der Waals surface area contributed by atoms with Gasteiger partial charge in [0.2, 0.25) is 5.91 Å². The van der Waals surface area contributed by atoms with Crippen LogP contribution in [0.1, 0.15) is 23.0 Å². The predicted molar refractivity (Wildman–Crippen MR) is 68.9 cm³/mol. The Morgan fingerprint density at radius 1 is 1.53 bits per heavy atom. The van der Waals surface area contributed by atoms with E-state index in [1.165, 1.54) is 6.20 Å². The first kappa shape index (κ1) is 13.9. The summed E-state index contributed by atoms with van der Waals surface area (Å²) in [4.78, 5) is 26.3. The molecule has 0 spiro atoms. The number of nitrogens with one attached hydrogen (secondary N) is 1. The van der Waals surface area contributed by atoms with Crippen molar-refractivity contribution in [1.29, 1.82) is 0 Å². The van der Waals surface area contributed by atoms with Gasteiger partial charge in [0.15, 0.2) is 0 Å². The lowest BCUT2D eigenvalue weighted by atomic mass is 10.2. The summed E-state index contributed by atoms with van der Waals surface area (Å²) in [5.41, 5.74) is 0. The molecule has 0 aliphatic carbocycles. The summed E-state index contributed by atoms with van der Waals surface area (Å²) < 4.78 is 8.84. The quantitative estimate of drug-likeness (QED) is 0.835. The Labute approximate surface area is 115 Å². The van der Waals surface area contributed by atoms with Gasteiger partial charge in [0.05, 0.1) is 19.4 Å². The van der Waals surface area contributed by atoms with Crippen LogP contribution in [0.2, 0.25) is 0 Å². The van der Waals surface area contributed by atoms with Crippen molar-refractivity contribution in [3.05, 3.63) is 11.1 Å². The van der Waals surface area contributed by atoms with Crippen molar-refractivity contribution in [2.24, 2.45) is 0 Å². The first-order valence-corrected chi connectivity index (χ1v) is 6.94. The molecule has 1 fully saturated rings. The molecule has 1 atom stereocenters. The third-order valence-electron chi connectivity index (χ3n) is 2.92. The number of hydrogen-bond acceptors (Lipinski definition) is 6. The Morgan fingerprint density at radius 3 is 2.84 bits per heavy atom. The van der Waals surface area contributed by atoms with E-state index >= 15 is 0 Å². The van der Waals surface area contributed by atoms with Crippen LogP contribution in [0.3, 0.4) is 0 Å². The average molecular weight is 284 g/mol. The van der Waals surface area contributed by atoms with Crippen LogP contribution in [0.25, 0.3) is 0 Å². The van der Waals surface area contributed by atoms with Gasteiger partial charge in [0.25, 0.3) is 5.91 Å². The molecular weight excluding hydrogens is 268 g/mol. The number of ether oxygens (including phenoxy) is 1. The molecule has 2 rings (SSSR count). The zero-order chi connectivity index (χ0) is 13.7. The van der Waals surface area contributed by atoms with E-state index in [-0.39, 0.29) is 11.8 Å². The molecule has 1 N–H and O–H groups in total. The first-order valence-electron chi connectivity index (χ1n) is 6.17. The lowest BCUT2D eigenvalue weighted by molar-refractivity contribution is -0.137. The monoisotopic (exact) mass is 284 g/mol. The van der Waals surface area contributed by atoms with Crippen LogP contribution in [0.4, 0.5) is 0 Å². The molecule has 1 aliphatic heterocycles. The van der Waals surface area contributed by atoms with Crippen LogP contribution >= 0.6 is 11.5 Å². The summed E-state index contributed by atoms with van der Waals surface area (Å²) >= 11 is 1.01. The van der Waals surface area contributed by atoms with Crippen molar-refractivity contribution in [3.8, 4) is 0 Å². The second-order valence-corrected chi connectivity index (χ2v) is 4.94. The van der Waals surface area contributed by atoms with Gasteiger partial charge in [-0.3, -0.25) is 9.59 Å². The third kappa shape index (κ3) is 3.48. The summed E-state index contributed by atoms with van der Waals surface area (Å²) in [7, 11) is 0. The van der Waals surface area contributed by atoms with E-state index < -0.39 is 6.04 Å². The Balaban J connectivity index is 1.95. The van der Waals surface area contributed by atoms with Crippen LogP contribution in [0.5, 0.6) is 0 Å². The molecule has 0 saturated carbocycles. The standard InChI is InChI=1S/C11H16N4O3S/c1-2-8(11(17)15-3-5-18-6-4-15)13-10(16)9-7-12-14-19-9/h7-8H,2-6H2,1H3,(H,13,16). The van der Waals surface area contributed by atoms with E-state index in [1.54, 1.807) is 4.90 Å². The fourth-order valence-corrected chi connectivity index (χ4v) is 2.26. The maximum absolute atomic E-state index is 12.3. The molecule has 0 bridgehead atoms. The van der Waals surface area contributed by atoms with Gasteiger partial charge in [0, 0.05) is 13.1 Å². The number of morpholine rings is 1. The fourth-order valence-electron chi connectivity index (χ4n) is 1.84. The molecular formula is C11H16N4O3S. The van der Waals surface area contributed by atoms with Gasteiger partial charge >= 0.3 is 0 Å². The highest BCUT2D eigenvalue weighted by Gasteiger charge is 2.26. The van der Waals surface area contributed by atoms with Crippen molar-refractivity contribution in [3.63, 3.8) is 0 Å². The van der Waals surface area contributed by atoms with E-state index in [9.17, 15) is 9.59 Å². The zero-order valence-electron chi connectivity index (χ0n) is 10.7. The molecule has 1 aliphatic rings. The van der Waals surface area contributed by atoms with Crippen molar-refractivity contribution in [1.82, 2.24) is 19.8 Å². The number of hydrogen-bond donors (Lipinski definition) is 1. The lowest BCUT2D eigenvalue weighted by Gasteiger charge is -2.30. The minimum atomic E-state index is -0.507. The van der Waals surface area contributed by atoms with Gasteiger partial charge in [-0.2, -0.15) is 0 Å². The van der Waals surface area contributed by atoms with E-state index in [1.807, 2.05) is 6.92 Å². The van der Waals surface area contributed by atoms with Gasteiger partial charge in [-0.25, -0.2) is 0 Å².